The van der Waals surface area contributed by atoms with E-state index in [-0.39, 0.29) is 17.9 Å². The minimum absolute atomic E-state index is 0. The first-order valence-electron chi connectivity index (χ1n) is 19.9. The summed E-state index contributed by atoms with van der Waals surface area (Å²) in [7, 11) is 0. The van der Waals surface area contributed by atoms with Crippen LogP contribution >= 0.6 is 12.4 Å². The highest BCUT2D eigenvalue weighted by molar-refractivity contribution is 5.95. The molecule has 8 unspecified atom stereocenters. The molecule has 5 heteroatoms. The molecule has 0 spiro atoms. The Bertz CT molecular complexity index is 1370. The van der Waals surface area contributed by atoms with Gasteiger partial charge in [0, 0.05) is 5.56 Å². The maximum absolute atomic E-state index is 11.0. The number of hydrogen-bond donors (Lipinski definition) is 1. The fourth-order valence-electron chi connectivity index (χ4n) is 10.4. The first-order chi connectivity index (χ1) is 23.2. The monoisotopic (exact) mass is 689 g/mol. The smallest absolute Gasteiger partial charge is 0.335 e. The minimum atomic E-state index is -0.829. The van der Waals surface area contributed by atoms with Crippen molar-refractivity contribution < 1.29 is 14.6 Å². The molecule has 4 nitrogen and oxygen atoms in total. The van der Waals surface area contributed by atoms with Crippen molar-refractivity contribution in [1.29, 1.82) is 0 Å². The number of rotatable bonds is 8. The van der Waals surface area contributed by atoms with Gasteiger partial charge in [-0.25, -0.2) is 9.79 Å². The molecule has 49 heavy (non-hydrogen) atoms. The lowest BCUT2D eigenvalue weighted by Crippen LogP contribution is -2.30. The standard InChI is InChI=1S/C24H35NO.C20H28O2.ClH/c1-4-5-17-6-7-22-15-21(13-12-20(22)14-17)18-8-10-19(11-9-18)23-25-24(2,3)16-26-23;1-2-3-14-4-5-19-13-18(11-10-17(19)12-14)15-6-8-16(9-7-15)20(21)22;/h8-11,17,20-22H,4-7,12-16H2,1-3H3;6-9,14,17-19H,2-5,10-13H2,1H3,(H,21,22);1H. The molecule has 0 aromatic heterocycles. The van der Waals surface area contributed by atoms with Crippen LogP contribution in [-0.2, 0) is 4.74 Å². The van der Waals surface area contributed by atoms with Crippen LogP contribution < -0.4 is 0 Å². The van der Waals surface area contributed by atoms with E-state index in [0.29, 0.717) is 18.1 Å². The van der Waals surface area contributed by atoms with Gasteiger partial charge in [-0.1, -0.05) is 76.6 Å². The number of carboxylic acid groups (broad SMARTS) is 1. The van der Waals surface area contributed by atoms with Crippen molar-refractivity contribution in [3.63, 3.8) is 0 Å². The molecule has 4 aliphatic carbocycles. The summed E-state index contributed by atoms with van der Waals surface area (Å²) in [5, 5.41) is 9.01. The Balaban J connectivity index is 0.000000190. The van der Waals surface area contributed by atoms with Crippen LogP contribution in [-0.4, -0.2) is 29.1 Å². The lowest BCUT2D eigenvalue weighted by Gasteiger charge is -2.42. The average Bonchev–Trinajstić information content (AvgIpc) is 3.48. The summed E-state index contributed by atoms with van der Waals surface area (Å²) in [6, 6.07) is 16.7. The number of aliphatic imine (C=N–C) groups is 1. The van der Waals surface area contributed by atoms with Gasteiger partial charge in [0.2, 0.25) is 5.90 Å². The number of carbonyl (C=O) groups is 1. The van der Waals surface area contributed by atoms with Crippen LogP contribution in [0.4, 0.5) is 0 Å². The second-order valence-corrected chi connectivity index (χ2v) is 17.1. The van der Waals surface area contributed by atoms with Gasteiger partial charge in [-0.15, -0.1) is 12.4 Å². The van der Waals surface area contributed by atoms with Crippen molar-refractivity contribution in [2.45, 2.75) is 148 Å². The molecule has 0 amide bonds. The van der Waals surface area contributed by atoms with E-state index in [9.17, 15) is 4.79 Å². The molecule has 1 aliphatic heterocycles. The third-order valence-electron chi connectivity index (χ3n) is 13.1. The summed E-state index contributed by atoms with van der Waals surface area (Å²) in [5.74, 6) is 7.26. The van der Waals surface area contributed by atoms with E-state index in [0.717, 1.165) is 52.9 Å². The quantitative estimate of drug-likeness (QED) is 0.300. The van der Waals surface area contributed by atoms with Gasteiger partial charge in [-0.3, -0.25) is 0 Å². The number of carboxylic acids is 1. The average molecular weight is 690 g/mol. The van der Waals surface area contributed by atoms with Gasteiger partial charge in [0.05, 0.1) is 11.1 Å². The molecule has 0 radical (unpaired) electrons. The summed E-state index contributed by atoms with van der Waals surface area (Å²) in [6.07, 6.45) is 22.6. The van der Waals surface area contributed by atoms with Crippen LogP contribution in [0.5, 0.6) is 0 Å². The molecular formula is C44H64ClNO3. The fourth-order valence-corrected chi connectivity index (χ4v) is 10.4. The number of benzene rings is 2. The van der Waals surface area contributed by atoms with E-state index in [1.54, 1.807) is 12.1 Å². The molecule has 1 heterocycles. The summed E-state index contributed by atoms with van der Waals surface area (Å²) in [4.78, 5) is 15.7. The molecule has 7 rings (SSSR count). The van der Waals surface area contributed by atoms with E-state index < -0.39 is 5.97 Å². The molecule has 2 aromatic carbocycles. The largest absolute Gasteiger partial charge is 0.478 e. The van der Waals surface area contributed by atoms with Crippen molar-refractivity contribution in [3.05, 3.63) is 70.8 Å². The van der Waals surface area contributed by atoms with Gasteiger partial charge in [-0.2, -0.15) is 0 Å². The molecule has 1 N–H and O–H groups in total. The number of ether oxygens (including phenoxy) is 1. The maximum Gasteiger partial charge on any atom is 0.335 e. The third-order valence-corrected chi connectivity index (χ3v) is 13.1. The van der Waals surface area contributed by atoms with Crippen molar-refractivity contribution in [2.75, 3.05) is 6.61 Å². The minimum Gasteiger partial charge on any atom is -0.478 e. The Labute approximate surface area is 303 Å². The van der Waals surface area contributed by atoms with E-state index in [2.05, 4.69) is 52.0 Å². The van der Waals surface area contributed by atoms with E-state index in [1.807, 2.05) is 12.1 Å². The number of aromatic carboxylic acids is 1. The van der Waals surface area contributed by atoms with Crippen LogP contribution in [0.1, 0.15) is 169 Å². The van der Waals surface area contributed by atoms with Gasteiger partial charge >= 0.3 is 5.97 Å². The Hall–Kier alpha value is -2.33. The highest BCUT2D eigenvalue weighted by atomic mass is 35.5. The normalized spacial score (nSPS) is 31.8. The Morgan fingerprint density at radius 3 is 1.57 bits per heavy atom. The summed E-state index contributed by atoms with van der Waals surface area (Å²) in [5.41, 5.74) is 4.33. The van der Waals surface area contributed by atoms with Crippen molar-refractivity contribution in [2.24, 2.45) is 40.5 Å². The topological polar surface area (TPSA) is 58.9 Å². The van der Waals surface area contributed by atoms with E-state index in [4.69, 9.17) is 14.8 Å². The van der Waals surface area contributed by atoms with Crippen molar-refractivity contribution >= 4 is 24.3 Å². The lowest BCUT2D eigenvalue weighted by molar-refractivity contribution is 0.0696. The first-order valence-corrected chi connectivity index (χ1v) is 19.9. The highest BCUT2D eigenvalue weighted by Crippen LogP contribution is 2.49. The van der Waals surface area contributed by atoms with E-state index in [1.165, 1.54) is 114 Å². The SMILES string of the molecule is CCCC1CCC2CC(c3ccc(C(=O)O)cc3)CCC2C1.CCCC1CCC2CC(c3ccc(C4=NC(C)(C)CO4)cc3)CCC2C1.Cl. The van der Waals surface area contributed by atoms with Crippen molar-refractivity contribution in [3.8, 4) is 0 Å². The van der Waals surface area contributed by atoms with Gasteiger partial charge < -0.3 is 9.84 Å². The number of halogens is 1. The van der Waals surface area contributed by atoms with Gasteiger partial charge in [0.25, 0.3) is 0 Å². The third kappa shape index (κ3) is 9.72. The lowest BCUT2D eigenvalue weighted by atomic mass is 9.63. The number of hydrogen-bond acceptors (Lipinski definition) is 3. The molecule has 0 saturated heterocycles. The van der Waals surface area contributed by atoms with Crippen LogP contribution in [0.3, 0.4) is 0 Å². The zero-order valence-electron chi connectivity index (χ0n) is 30.9. The zero-order chi connectivity index (χ0) is 33.7. The van der Waals surface area contributed by atoms with Crippen LogP contribution in [0.2, 0.25) is 0 Å². The van der Waals surface area contributed by atoms with Gasteiger partial charge in [0.1, 0.15) is 6.61 Å². The molecule has 5 aliphatic rings. The molecular weight excluding hydrogens is 626 g/mol. The molecule has 4 fully saturated rings. The van der Waals surface area contributed by atoms with Gasteiger partial charge in [-0.05, 0) is 161 Å². The van der Waals surface area contributed by atoms with Crippen LogP contribution in [0, 0.1) is 35.5 Å². The van der Waals surface area contributed by atoms with Gasteiger partial charge in [0.15, 0.2) is 0 Å². The van der Waals surface area contributed by atoms with E-state index >= 15 is 0 Å². The van der Waals surface area contributed by atoms with Crippen LogP contribution in [0.25, 0.3) is 0 Å². The maximum atomic E-state index is 11.0. The summed E-state index contributed by atoms with van der Waals surface area (Å²) >= 11 is 0. The summed E-state index contributed by atoms with van der Waals surface area (Å²) in [6.45, 7) is 9.60. The Morgan fingerprint density at radius 1 is 0.694 bits per heavy atom. The molecule has 0 bridgehead atoms. The predicted molar refractivity (Wildman–Crippen MR) is 205 cm³/mol. The molecule has 4 saturated carbocycles. The summed E-state index contributed by atoms with van der Waals surface area (Å²) < 4.78 is 5.79. The highest BCUT2D eigenvalue weighted by Gasteiger charge is 2.37. The number of fused-ring (bicyclic) bond motifs is 2. The zero-order valence-corrected chi connectivity index (χ0v) is 31.7. The second-order valence-electron chi connectivity index (χ2n) is 17.1. The first kappa shape index (κ1) is 37.9. The van der Waals surface area contributed by atoms with Crippen LogP contribution in [0.15, 0.2) is 53.5 Å². The number of nitrogens with zero attached hydrogens (tertiary/aromatic N) is 1. The predicted octanol–water partition coefficient (Wildman–Crippen LogP) is 12.2. The molecule has 8 atom stereocenters. The fraction of sp³-hybridized carbons (Fsp3) is 0.682. The molecule has 2 aromatic rings. The van der Waals surface area contributed by atoms with Crippen molar-refractivity contribution in [1.82, 2.24) is 0 Å². The Morgan fingerprint density at radius 2 is 1.14 bits per heavy atom. The second kappa shape index (κ2) is 17.3. The Kier molecular flexibility index (Phi) is 13.4. The molecule has 270 valence electrons.